The minimum atomic E-state index is -3.66. The highest BCUT2D eigenvalue weighted by atomic mass is 32.2. The second-order valence-electron chi connectivity index (χ2n) is 6.41. The number of benzene rings is 2. The van der Waals surface area contributed by atoms with Crippen molar-refractivity contribution in [2.75, 3.05) is 5.32 Å². The van der Waals surface area contributed by atoms with E-state index in [1.807, 2.05) is 19.1 Å². The normalized spacial score (nSPS) is 11.3. The average Bonchev–Trinajstić information content (AvgIpc) is 3.39. The first-order chi connectivity index (χ1) is 13.9. The lowest BCUT2D eigenvalue weighted by atomic mass is 10.1. The summed E-state index contributed by atoms with van der Waals surface area (Å²) in [5.41, 5.74) is 2.87. The molecule has 2 heterocycles. The van der Waals surface area contributed by atoms with Crippen LogP contribution in [0.1, 0.15) is 15.9 Å². The maximum atomic E-state index is 12.7. The van der Waals surface area contributed by atoms with Crippen LogP contribution in [0, 0.1) is 6.92 Å². The Morgan fingerprint density at radius 1 is 1.03 bits per heavy atom. The van der Waals surface area contributed by atoms with Crippen LogP contribution in [0.5, 0.6) is 0 Å². The largest absolute Gasteiger partial charge is 0.298 e. The summed E-state index contributed by atoms with van der Waals surface area (Å²) in [6, 6.07) is 17.2. The van der Waals surface area contributed by atoms with E-state index in [4.69, 9.17) is 0 Å². The van der Waals surface area contributed by atoms with Crippen molar-refractivity contribution in [2.45, 2.75) is 11.8 Å². The number of hydrogen-bond acceptors (Lipinski definition) is 5. The van der Waals surface area contributed by atoms with E-state index in [2.05, 4.69) is 10.3 Å². The van der Waals surface area contributed by atoms with E-state index in [9.17, 15) is 13.2 Å². The molecule has 6 nitrogen and oxygen atoms in total. The summed E-state index contributed by atoms with van der Waals surface area (Å²) in [6.07, 6.45) is 3.00. The van der Waals surface area contributed by atoms with Crippen molar-refractivity contribution in [1.82, 2.24) is 8.96 Å². The number of carbonyl (C=O) groups is 1. The lowest BCUT2D eigenvalue weighted by Crippen LogP contribution is -2.11. The molecule has 0 unspecified atom stereocenters. The first-order valence-electron chi connectivity index (χ1n) is 8.76. The standard InChI is InChI=1S/C21H17N3O3S2/c1-15-7-9-16(10-8-15)20(25)23-21-22-19(14-28-21)17-11-12-24(13-17)29(26,27)18-5-3-2-4-6-18/h2-14H,1H3,(H,22,23,25). The number of aromatic nitrogens is 2. The predicted molar refractivity (Wildman–Crippen MR) is 114 cm³/mol. The third-order valence-electron chi connectivity index (χ3n) is 4.32. The second-order valence-corrected chi connectivity index (χ2v) is 9.11. The summed E-state index contributed by atoms with van der Waals surface area (Å²) >= 11 is 1.28. The highest BCUT2D eigenvalue weighted by Crippen LogP contribution is 2.27. The lowest BCUT2D eigenvalue weighted by molar-refractivity contribution is 0.102. The van der Waals surface area contributed by atoms with Crippen molar-refractivity contribution < 1.29 is 13.2 Å². The Balaban J connectivity index is 1.53. The number of thiazole rings is 1. The number of rotatable bonds is 5. The molecule has 0 aliphatic rings. The van der Waals surface area contributed by atoms with E-state index in [-0.39, 0.29) is 10.8 Å². The molecule has 0 aliphatic heterocycles. The molecule has 1 amide bonds. The fraction of sp³-hybridized carbons (Fsp3) is 0.0476. The molecular formula is C21H17N3O3S2. The van der Waals surface area contributed by atoms with Gasteiger partial charge in [-0.25, -0.2) is 17.4 Å². The van der Waals surface area contributed by atoms with E-state index in [0.717, 1.165) is 5.56 Å². The van der Waals surface area contributed by atoms with Gasteiger partial charge in [0.25, 0.3) is 15.9 Å². The zero-order valence-electron chi connectivity index (χ0n) is 15.4. The molecule has 2 aromatic heterocycles. The molecule has 0 saturated heterocycles. The SMILES string of the molecule is Cc1ccc(C(=O)Nc2nc(-c3ccn(S(=O)(=O)c4ccccc4)c3)cs2)cc1. The van der Waals surface area contributed by atoms with Crippen molar-refractivity contribution in [1.29, 1.82) is 0 Å². The van der Waals surface area contributed by atoms with Crippen LogP contribution in [0.3, 0.4) is 0 Å². The van der Waals surface area contributed by atoms with Crippen molar-refractivity contribution in [2.24, 2.45) is 0 Å². The minimum absolute atomic E-state index is 0.214. The number of nitrogens with one attached hydrogen (secondary N) is 1. The number of aryl methyl sites for hydroxylation is 1. The maximum Gasteiger partial charge on any atom is 0.267 e. The number of hydrogen-bond donors (Lipinski definition) is 1. The lowest BCUT2D eigenvalue weighted by Gasteiger charge is -2.04. The van der Waals surface area contributed by atoms with Crippen LogP contribution in [-0.2, 0) is 10.0 Å². The van der Waals surface area contributed by atoms with Crippen molar-refractivity contribution in [3.05, 3.63) is 89.6 Å². The van der Waals surface area contributed by atoms with Crippen molar-refractivity contribution in [3.8, 4) is 11.3 Å². The van der Waals surface area contributed by atoms with E-state index in [0.29, 0.717) is 22.0 Å². The molecule has 4 rings (SSSR count). The average molecular weight is 424 g/mol. The first kappa shape index (κ1) is 19.1. The zero-order chi connectivity index (χ0) is 20.4. The molecule has 2 aromatic carbocycles. The van der Waals surface area contributed by atoms with Crippen LogP contribution >= 0.6 is 11.3 Å². The summed E-state index contributed by atoms with van der Waals surface area (Å²) in [7, 11) is -3.66. The van der Waals surface area contributed by atoms with Crippen LogP contribution in [0.2, 0.25) is 0 Å². The first-order valence-corrected chi connectivity index (χ1v) is 11.1. The molecule has 0 spiro atoms. The Morgan fingerprint density at radius 3 is 2.48 bits per heavy atom. The monoisotopic (exact) mass is 423 g/mol. The van der Waals surface area contributed by atoms with Gasteiger partial charge in [0.05, 0.1) is 10.6 Å². The van der Waals surface area contributed by atoms with E-state index >= 15 is 0 Å². The van der Waals surface area contributed by atoms with Gasteiger partial charge in [-0.3, -0.25) is 10.1 Å². The van der Waals surface area contributed by atoms with Gasteiger partial charge in [-0.2, -0.15) is 0 Å². The molecule has 0 radical (unpaired) electrons. The van der Waals surface area contributed by atoms with Crippen LogP contribution in [0.25, 0.3) is 11.3 Å². The fourth-order valence-electron chi connectivity index (χ4n) is 2.73. The zero-order valence-corrected chi connectivity index (χ0v) is 17.1. The maximum absolute atomic E-state index is 12.7. The highest BCUT2D eigenvalue weighted by molar-refractivity contribution is 7.90. The van der Waals surface area contributed by atoms with Crippen molar-refractivity contribution in [3.63, 3.8) is 0 Å². The summed E-state index contributed by atoms with van der Waals surface area (Å²) in [4.78, 5) is 17.0. The van der Waals surface area contributed by atoms with Gasteiger partial charge in [-0.05, 0) is 37.3 Å². The van der Waals surface area contributed by atoms with E-state index < -0.39 is 10.0 Å². The second kappa shape index (κ2) is 7.65. The topological polar surface area (TPSA) is 81.1 Å². The number of nitrogens with zero attached hydrogens (tertiary/aromatic N) is 2. The van der Waals surface area contributed by atoms with Gasteiger partial charge in [0.15, 0.2) is 5.13 Å². The molecule has 0 aliphatic carbocycles. The predicted octanol–water partition coefficient (Wildman–Crippen LogP) is 4.41. The van der Waals surface area contributed by atoms with Crippen LogP contribution in [-0.4, -0.2) is 23.3 Å². The van der Waals surface area contributed by atoms with Crippen molar-refractivity contribution >= 4 is 32.4 Å². The third-order valence-corrected chi connectivity index (χ3v) is 6.73. The number of carbonyl (C=O) groups excluding carboxylic acids is 1. The summed E-state index contributed by atoms with van der Waals surface area (Å²) in [5.74, 6) is -0.241. The molecule has 29 heavy (non-hydrogen) atoms. The Bertz CT molecular complexity index is 1260. The molecule has 146 valence electrons. The van der Waals surface area contributed by atoms with Gasteiger partial charge in [0, 0.05) is 28.9 Å². The quantitative estimate of drug-likeness (QED) is 0.516. The Kier molecular flexibility index (Phi) is 5.04. The third kappa shape index (κ3) is 3.98. The van der Waals surface area contributed by atoms with Gasteiger partial charge in [-0.1, -0.05) is 35.9 Å². The molecule has 0 atom stereocenters. The Labute approximate surface area is 172 Å². The minimum Gasteiger partial charge on any atom is -0.298 e. The fourth-order valence-corrected chi connectivity index (χ4v) is 4.66. The van der Waals surface area contributed by atoms with E-state index in [1.165, 1.54) is 27.7 Å². The molecule has 0 saturated carbocycles. The Hall–Kier alpha value is -3.23. The highest BCUT2D eigenvalue weighted by Gasteiger charge is 2.17. The summed E-state index contributed by atoms with van der Waals surface area (Å²) in [6.45, 7) is 1.96. The molecular weight excluding hydrogens is 406 g/mol. The Morgan fingerprint density at radius 2 is 1.76 bits per heavy atom. The number of anilines is 1. The molecule has 4 aromatic rings. The molecule has 0 bridgehead atoms. The van der Waals surface area contributed by atoms with Gasteiger partial charge in [0.1, 0.15) is 0 Å². The van der Waals surface area contributed by atoms with Crippen LogP contribution < -0.4 is 5.32 Å². The summed E-state index contributed by atoms with van der Waals surface area (Å²) < 4.78 is 26.6. The smallest absolute Gasteiger partial charge is 0.267 e. The van der Waals surface area contributed by atoms with Gasteiger partial charge in [-0.15, -0.1) is 11.3 Å². The molecule has 0 fully saturated rings. The van der Waals surface area contributed by atoms with Crippen LogP contribution in [0.4, 0.5) is 5.13 Å². The van der Waals surface area contributed by atoms with Crippen LogP contribution in [0.15, 0.2) is 83.3 Å². The van der Waals surface area contributed by atoms with Gasteiger partial charge >= 0.3 is 0 Å². The molecule has 1 N–H and O–H groups in total. The summed E-state index contributed by atoms with van der Waals surface area (Å²) in [5, 5.41) is 5.00. The molecule has 8 heteroatoms. The van der Waals surface area contributed by atoms with Gasteiger partial charge in [0.2, 0.25) is 0 Å². The number of amides is 1. The van der Waals surface area contributed by atoms with Gasteiger partial charge < -0.3 is 0 Å². The van der Waals surface area contributed by atoms with E-state index in [1.54, 1.807) is 53.9 Å².